The standard InChI is InChI=1S/C17H22F3N3O2.ClH/c1-11(9-21)16(25)22-14(10-23-7-3-6-15(23)24)12-4-2-5-13(8-12)17(18,19)20;/h2,4-5,8,11,14H,3,6-7,9-10,21H2,1H3,(H,22,25);1H. The maximum Gasteiger partial charge on any atom is 0.416 e. The Morgan fingerprint density at radius 2 is 2.08 bits per heavy atom. The highest BCUT2D eigenvalue weighted by atomic mass is 35.5. The summed E-state index contributed by atoms with van der Waals surface area (Å²) >= 11 is 0. The monoisotopic (exact) mass is 393 g/mol. The Morgan fingerprint density at radius 1 is 1.38 bits per heavy atom. The summed E-state index contributed by atoms with van der Waals surface area (Å²) in [7, 11) is 0. The molecule has 3 N–H and O–H groups in total. The maximum absolute atomic E-state index is 13.0. The SMILES string of the molecule is CC(CN)C(=O)NC(CN1CCCC1=O)c1cccc(C(F)(F)F)c1.Cl. The van der Waals surface area contributed by atoms with E-state index in [0.29, 0.717) is 24.9 Å². The molecule has 5 nitrogen and oxygen atoms in total. The zero-order valence-corrected chi connectivity index (χ0v) is 15.2. The first-order valence-electron chi connectivity index (χ1n) is 8.17. The molecule has 2 unspecified atom stereocenters. The molecule has 26 heavy (non-hydrogen) atoms. The minimum absolute atomic E-state index is 0. The molecule has 0 aromatic heterocycles. The molecular formula is C17H23ClF3N3O2. The van der Waals surface area contributed by atoms with E-state index in [4.69, 9.17) is 5.73 Å². The summed E-state index contributed by atoms with van der Waals surface area (Å²) in [5, 5.41) is 2.73. The van der Waals surface area contributed by atoms with E-state index in [-0.39, 0.29) is 37.3 Å². The lowest BCUT2D eigenvalue weighted by Gasteiger charge is -2.26. The summed E-state index contributed by atoms with van der Waals surface area (Å²) in [6, 6.07) is 4.10. The number of alkyl halides is 3. The Morgan fingerprint density at radius 3 is 2.62 bits per heavy atom. The quantitative estimate of drug-likeness (QED) is 0.779. The molecule has 1 aliphatic heterocycles. The number of rotatable bonds is 6. The van der Waals surface area contributed by atoms with E-state index in [9.17, 15) is 22.8 Å². The predicted octanol–water partition coefficient (Wildman–Crippen LogP) is 2.50. The molecule has 2 atom stereocenters. The number of hydrogen-bond donors (Lipinski definition) is 2. The Kier molecular flexibility index (Phi) is 7.89. The lowest BCUT2D eigenvalue weighted by molar-refractivity contribution is -0.137. The van der Waals surface area contributed by atoms with Crippen molar-refractivity contribution in [3.63, 3.8) is 0 Å². The van der Waals surface area contributed by atoms with Gasteiger partial charge in [-0.1, -0.05) is 19.1 Å². The summed E-state index contributed by atoms with van der Waals surface area (Å²) in [5.74, 6) is -0.878. The van der Waals surface area contributed by atoms with E-state index in [1.807, 2.05) is 0 Å². The number of benzene rings is 1. The van der Waals surface area contributed by atoms with Crippen LogP contribution in [-0.2, 0) is 15.8 Å². The Balaban J connectivity index is 0.00000338. The van der Waals surface area contributed by atoms with Gasteiger partial charge >= 0.3 is 6.18 Å². The van der Waals surface area contributed by atoms with Gasteiger partial charge < -0.3 is 16.0 Å². The van der Waals surface area contributed by atoms with Crippen molar-refractivity contribution in [1.29, 1.82) is 0 Å². The van der Waals surface area contributed by atoms with Crippen molar-refractivity contribution in [2.75, 3.05) is 19.6 Å². The van der Waals surface area contributed by atoms with Crippen LogP contribution in [0.25, 0.3) is 0 Å². The van der Waals surface area contributed by atoms with E-state index in [1.54, 1.807) is 11.8 Å². The smallest absolute Gasteiger partial charge is 0.347 e. The first kappa shape index (κ1) is 22.2. The summed E-state index contributed by atoms with van der Waals surface area (Å²) < 4.78 is 38.9. The molecule has 1 aliphatic rings. The third-order valence-corrected chi connectivity index (χ3v) is 4.31. The molecular weight excluding hydrogens is 371 g/mol. The normalized spacial score (nSPS) is 16.8. The van der Waals surface area contributed by atoms with Crippen LogP contribution in [0.1, 0.15) is 36.9 Å². The number of nitrogens with one attached hydrogen (secondary N) is 1. The van der Waals surface area contributed by atoms with Gasteiger partial charge in [0.2, 0.25) is 11.8 Å². The number of carbonyl (C=O) groups is 2. The zero-order chi connectivity index (χ0) is 18.6. The molecule has 1 aromatic rings. The highest BCUT2D eigenvalue weighted by Crippen LogP contribution is 2.31. The minimum Gasteiger partial charge on any atom is -0.347 e. The van der Waals surface area contributed by atoms with E-state index >= 15 is 0 Å². The molecule has 0 bridgehead atoms. The number of nitrogens with two attached hydrogens (primary N) is 1. The first-order valence-corrected chi connectivity index (χ1v) is 8.17. The van der Waals surface area contributed by atoms with Crippen LogP contribution >= 0.6 is 12.4 Å². The average molecular weight is 394 g/mol. The molecule has 146 valence electrons. The Bertz CT molecular complexity index is 640. The van der Waals surface area contributed by atoms with Crippen molar-refractivity contribution in [3.05, 3.63) is 35.4 Å². The largest absolute Gasteiger partial charge is 0.416 e. The summed E-state index contributed by atoms with van der Waals surface area (Å²) in [6.07, 6.45) is -3.34. The molecule has 1 fully saturated rings. The zero-order valence-electron chi connectivity index (χ0n) is 14.4. The van der Waals surface area contributed by atoms with E-state index in [1.165, 1.54) is 12.1 Å². The number of carbonyl (C=O) groups excluding carboxylic acids is 2. The van der Waals surface area contributed by atoms with Gasteiger partial charge in [0.25, 0.3) is 0 Å². The molecule has 0 saturated carbocycles. The van der Waals surface area contributed by atoms with Gasteiger partial charge in [-0.2, -0.15) is 13.2 Å². The molecule has 2 amide bonds. The van der Waals surface area contributed by atoms with E-state index in [2.05, 4.69) is 5.32 Å². The fourth-order valence-electron chi connectivity index (χ4n) is 2.70. The van der Waals surface area contributed by atoms with E-state index < -0.39 is 23.7 Å². The molecule has 1 aromatic carbocycles. The lowest BCUT2D eigenvalue weighted by atomic mass is 10.0. The van der Waals surface area contributed by atoms with Crippen LogP contribution in [0.2, 0.25) is 0 Å². The second-order valence-electron chi connectivity index (χ2n) is 6.26. The molecule has 1 heterocycles. The third-order valence-electron chi connectivity index (χ3n) is 4.31. The van der Waals surface area contributed by atoms with Crippen LogP contribution in [0.4, 0.5) is 13.2 Å². The molecule has 0 spiro atoms. The van der Waals surface area contributed by atoms with Crippen LogP contribution in [0, 0.1) is 5.92 Å². The molecule has 0 aliphatic carbocycles. The van der Waals surface area contributed by atoms with Crippen LogP contribution in [0.15, 0.2) is 24.3 Å². The van der Waals surface area contributed by atoms with Gasteiger partial charge in [0.1, 0.15) is 0 Å². The molecule has 9 heteroatoms. The van der Waals surface area contributed by atoms with Crippen molar-refractivity contribution < 1.29 is 22.8 Å². The van der Waals surface area contributed by atoms with Crippen molar-refractivity contribution in [2.45, 2.75) is 32.0 Å². The highest BCUT2D eigenvalue weighted by Gasteiger charge is 2.32. The number of hydrogen-bond acceptors (Lipinski definition) is 3. The first-order chi connectivity index (χ1) is 11.7. The Labute approximate surface area is 156 Å². The summed E-state index contributed by atoms with van der Waals surface area (Å²) in [6.45, 7) is 2.45. The van der Waals surface area contributed by atoms with Crippen LogP contribution in [0.5, 0.6) is 0 Å². The molecule has 0 radical (unpaired) electrons. The van der Waals surface area contributed by atoms with E-state index in [0.717, 1.165) is 12.1 Å². The summed E-state index contributed by atoms with van der Waals surface area (Å²) in [4.78, 5) is 25.6. The second kappa shape index (κ2) is 9.23. The van der Waals surface area contributed by atoms with Gasteiger partial charge in [0, 0.05) is 32.0 Å². The number of amides is 2. The molecule has 1 saturated heterocycles. The molecule has 2 rings (SSSR count). The van der Waals surface area contributed by atoms with Gasteiger partial charge in [-0.05, 0) is 24.1 Å². The second-order valence-corrected chi connectivity index (χ2v) is 6.26. The Hall–Kier alpha value is -1.80. The summed E-state index contributed by atoms with van der Waals surface area (Å²) in [5.41, 5.74) is 5.00. The van der Waals surface area contributed by atoms with Gasteiger partial charge in [0.15, 0.2) is 0 Å². The number of halogens is 4. The van der Waals surface area contributed by atoms with Gasteiger partial charge in [-0.3, -0.25) is 9.59 Å². The topological polar surface area (TPSA) is 75.4 Å². The van der Waals surface area contributed by atoms with Crippen LogP contribution in [-0.4, -0.2) is 36.3 Å². The van der Waals surface area contributed by atoms with Crippen molar-refractivity contribution in [3.8, 4) is 0 Å². The van der Waals surface area contributed by atoms with Crippen molar-refractivity contribution in [1.82, 2.24) is 10.2 Å². The third kappa shape index (κ3) is 5.60. The van der Waals surface area contributed by atoms with Gasteiger partial charge in [-0.15, -0.1) is 12.4 Å². The highest BCUT2D eigenvalue weighted by molar-refractivity contribution is 5.85. The van der Waals surface area contributed by atoms with Gasteiger partial charge in [0.05, 0.1) is 11.6 Å². The van der Waals surface area contributed by atoms with Crippen molar-refractivity contribution in [2.24, 2.45) is 11.7 Å². The number of nitrogens with zero attached hydrogens (tertiary/aromatic N) is 1. The van der Waals surface area contributed by atoms with Gasteiger partial charge in [-0.25, -0.2) is 0 Å². The number of likely N-dealkylation sites (tertiary alicyclic amines) is 1. The minimum atomic E-state index is -4.47. The predicted molar refractivity (Wildman–Crippen MR) is 93.6 cm³/mol. The van der Waals surface area contributed by atoms with Crippen LogP contribution < -0.4 is 11.1 Å². The fourth-order valence-corrected chi connectivity index (χ4v) is 2.70. The lowest BCUT2D eigenvalue weighted by Crippen LogP contribution is -2.41. The van der Waals surface area contributed by atoms with Crippen molar-refractivity contribution >= 4 is 24.2 Å². The van der Waals surface area contributed by atoms with Crippen LogP contribution in [0.3, 0.4) is 0 Å². The average Bonchev–Trinajstić information content (AvgIpc) is 2.97. The fraction of sp³-hybridized carbons (Fsp3) is 0.529. The maximum atomic E-state index is 13.0.